The molecule has 42 valence electrons. The first kappa shape index (κ1) is 23.2. The van der Waals surface area contributed by atoms with E-state index in [1.807, 2.05) is 0 Å². The monoisotopic (exact) mass is 312 g/mol. The molecule has 3 nitrogen and oxygen atoms in total. The maximum Gasteiger partial charge on any atom is 3.00 e. The zero-order chi connectivity index (χ0) is 6.00. The van der Waals surface area contributed by atoms with E-state index in [4.69, 9.17) is 12.6 Å². The largest absolute Gasteiger partial charge is 3.00 e. The molecule has 0 bridgehead atoms. The van der Waals surface area contributed by atoms with E-state index in [1.54, 1.807) is 48.8 Å². The van der Waals surface area contributed by atoms with Crippen LogP contribution in [0.1, 0.15) is 0 Å². The normalized spacial score (nSPS) is 2.57. The molecular weight excluding hydrogens is 315 g/mol. The zero-order valence-electron chi connectivity index (χ0n) is 2.94. The van der Waals surface area contributed by atoms with Crippen LogP contribution in [0, 0.1) is 0 Å². The van der Waals surface area contributed by atoms with E-state index < -0.39 is 0 Å². The molecule has 0 aromatic carbocycles. The van der Waals surface area contributed by atoms with Crippen molar-refractivity contribution in [1.82, 2.24) is 0 Å². The second-order valence-electron chi connectivity index (χ2n) is 0. The van der Waals surface area contributed by atoms with Gasteiger partial charge in [-0.15, -0.1) is 0 Å². The molecule has 0 saturated carbocycles. The van der Waals surface area contributed by atoms with Crippen LogP contribution in [-0.4, -0.2) is 17.4 Å². The predicted molar refractivity (Wildman–Crippen MR) is 32.5 cm³/mol. The van der Waals surface area contributed by atoms with Crippen molar-refractivity contribution in [2.24, 2.45) is 0 Å². The van der Waals surface area contributed by atoms with Crippen LogP contribution in [0.2, 0.25) is 0 Å². The van der Waals surface area contributed by atoms with Gasteiger partial charge < -0.3 is 12.6 Å². The Morgan fingerprint density at radius 3 is 0.571 bits per heavy atom. The van der Waals surface area contributed by atoms with Crippen LogP contribution >= 0.6 is 48.8 Å². The van der Waals surface area contributed by atoms with Crippen molar-refractivity contribution in [3.8, 4) is 0 Å². The summed E-state index contributed by atoms with van der Waals surface area (Å²) in [7, 11) is 0. The van der Waals surface area contributed by atoms with E-state index >= 15 is 0 Å². The van der Waals surface area contributed by atoms with Crippen LogP contribution in [0.3, 0.4) is 0 Å². The van der Waals surface area contributed by atoms with Crippen molar-refractivity contribution in [2.75, 3.05) is 0 Å². The van der Waals surface area contributed by atoms with Gasteiger partial charge >= 0.3 is 17.4 Å². The summed E-state index contributed by atoms with van der Waals surface area (Å²) in [5, 5.41) is 0. The minimum absolute atomic E-state index is 0. The van der Waals surface area contributed by atoms with Gasteiger partial charge in [0.05, 0.1) is 0 Å². The Morgan fingerprint density at radius 1 is 0.571 bits per heavy atom. The van der Waals surface area contributed by atoms with E-state index in [-0.39, 0.29) is 17.4 Å². The molecule has 0 unspecified atom stereocenters. The minimum atomic E-state index is 0. The Hall–Kier alpha value is 1.85. The number of halogens is 3. The second kappa shape index (κ2) is 107. The molecule has 0 spiro atoms. The Labute approximate surface area is 78.2 Å². The summed E-state index contributed by atoms with van der Waals surface area (Å²) < 4.78 is 24.2. The van der Waals surface area contributed by atoms with Crippen molar-refractivity contribution in [2.45, 2.75) is 0 Å². The van der Waals surface area contributed by atoms with Crippen LogP contribution in [0.4, 0.5) is 0 Å². The van der Waals surface area contributed by atoms with Crippen LogP contribution in [0.25, 0.3) is 0 Å². The quantitative estimate of drug-likeness (QED) is 0.516. The molecular formula is AlBr3O3. The summed E-state index contributed by atoms with van der Waals surface area (Å²) in [5.41, 5.74) is 0. The molecule has 0 rings (SSSR count). The maximum absolute atomic E-state index is 8.06. The molecule has 0 radical (unpaired) electrons. The third-order valence-electron chi connectivity index (χ3n) is 0. The van der Waals surface area contributed by atoms with Crippen molar-refractivity contribution in [1.29, 1.82) is 0 Å². The van der Waals surface area contributed by atoms with Crippen LogP contribution in [0.15, 0.2) is 0 Å². The van der Waals surface area contributed by atoms with Gasteiger partial charge in [0, 0.05) is 0 Å². The standard InChI is InChI=1S/Al.3BrO/c;3*1-2/q+3;3*-1. The van der Waals surface area contributed by atoms with Gasteiger partial charge in [-0.25, -0.2) is 48.8 Å². The zero-order valence-corrected chi connectivity index (χ0v) is 8.85. The van der Waals surface area contributed by atoms with E-state index in [1.165, 1.54) is 0 Å². The summed E-state index contributed by atoms with van der Waals surface area (Å²) in [6.45, 7) is 0. The third-order valence-corrected chi connectivity index (χ3v) is 0. The fourth-order valence-corrected chi connectivity index (χ4v) is 0. The predicted octanol–water partition coefficient (Wildman–Crippen LogP) is -1.41. The molecule has 0 N–H and O–H groups in total. The van der Waals surface area contributed by atoms with Crippen molar-refractivity contribution in [3.63, 3.8) is 0 Å². The van der Waals surface area contributed by atoms with Crippen LogP contribution < -0.4 is 12.6 Å². The fraction of sp³-hybridized carbons (Fsp3) is 0. The van der Waals surface area contributed by atoms with Crippen molar-refractivity contribution < 1.29 is 12.6 Å². The van der Waals surface area contributed by atoms with E-state index in [9.17, 15) is 0 Å². The molecule has 7 heteroatoms. The Kier molecular flexibility index (Phi) is 356. The first-order chi connectivity index (χ1) is 3.00. The smallest absolute Gasteiger partial charge is 0.791 e. The molecule has 7 heavy (non-hydrogen) atoms. The van der Waals surface area contributed by atoms with Gasteiger partial charge in [-0.3, -0.25) is 0 Å². The first-order valence-corrected chi connectivity index (χ1v) is 2.41. The van der Waals surface area contributed by atoms with E-state index in [0.29, 0.717) is 0 Å². The van der Waals surface area contributed by atoms with Gasteiger partial charge in [0.2, 0.25) is 0 Å². The molecule has 0 saturated heterocycles. The average molecular weight is 315 g/mol. The van der Waals surface area contributed by atoms with Crippen LogP contribution in [-0.2, 0) is 0 Å². The minimum Gasteiger partial charge on any atom is -0.791 e. The van der Waals surface area contributed by atoms with Gasteiger partial charge in [-0.1, -0.05) is 0 Å². The maximum atomic E-state index is 8.06. The molecule has 0 aromatic heterocycles. The SMILES string of the molecule is [Al+3].[O-]Br.[O-]Br.[O-]Br. The number of hydrogen-bond donors (Lipinski definition) is 0. The van der Waals surface area contributed by atoms with Crippen molar-refractivity contribution >= 4 is 66.1 Å². The molecule has 0 heterocycles. The first-order valence-electron chi connectivity index (χ1n) is 0.463. The molecule has 0 fully saturated rings. The Balaban J connectivity index is -0.00000000900. The van der Waals surface area contributed by atoms with Gasteiger partial charge in [-0.05, 0) is 0 Å². The van der Waals surface area contributed by atoms with Gasteiger partial charge in [-0.2, -0.15) is 0 Å². The molecule has 0 amide bonds. The van der Waals surface area contributed by atoms with Gasteiger partial charge in [0.15, 0.2) is 0 Å². The molecule has 0 atom stereocenters. The average Bonchev–Trinajstić information content (AvgIpc) is 1.81. The van der Waals surface area contributed by atoms with Gasteiger partial charge in [0.25, 0.3) is 0 Å². The summed E-state index contributed by atoms with van der Waals surface area (Å²) in [6.07, 6.45) is 0. The summed E-state index contributed by atoms with van der Waals surface area (Å²) >= 11 is 5.06. The number of rotatable bonds is 0. The molecule has 0 aliphatic heterocycles. The van der Waals surface area contributed by atoms with Gasteiger partial charge in [0.1, 0.15) is 0 Å². The molecule has 0 aromatic rings. The van der Waals surface area contributed by atoms with Crippen molar-refractivity contribution in [3.05, 3.63) is 0 Å². The Bertz CT molecular complexity index is 10.1. The van der Waals surface area contributed by atoms with E-state index in [0.717, 1.165) is 0 Å². The topological polar surface area (TPSA) is 69.2 Å². The Morgan fingerprint density at radius 2 is 0.571 bits per heavy atom. The fourth-order valence-electron chi connectivity index (χ4n) is 0. The second-order valence-corrected chi connectivity index (χ2v) is 0. The molecule has 0 aliphatic rings. The number of hydrogen-bond acceptors (Lipinski definition) is 3. The van der Waals surface area contributed by atoms with Crippen LogP contribution in [0.5, 0.6) is 0 Å². The third kappa shape index (κ3) is 78.4. The summed E-state index contributed by atoms with van der Waals surface area (Å²) in [6, 6.07) is 0. The molecule has 0 aliphatic carbocycles. The summed E-state index contributed by atoms with van der Waals surface area (Å²) in [5.74, 6) is 0. The summed E-state index contributed by atoms with van der Waals surface area (Å²) in [4.78, 5) is 0. The van der Waals surface area contributed by atoms with E-state index in [2.05, 4.69) is 0 Å².